The number of carbonyl (C=O) groups excluding carboxylic acids is 1. The topological polar surface area (TPSA) is 118 Å². The predicted octanol–water partition coefficient (Wildman–Crippen LogP) is 4.81. The number of carboxylic acid groups (broad SMARTS) is 1. The van der Waals surface area contributed by atoms with Crippen LogP contribution < -0.4 is 5.32 Å². The standard InChI is InChI=1S/C27H28N2O6S/c1-16-23(15-36-25-22(26(32)33)7-4-12-28-25)34-27(20-5-3-6-21(13-20)29-17(2)31)35-24(16)19-10-8-18(14-30)9-11-19/h3-13,16,23-24,27,30H,14-15H2,1-2H3,(H,29,31)(H,32,33). The van der Waals surface area contributed by atoms with Gasteiger partial charge >= 0.3 is 5.97 Å². The second kappa shape index (κ2) is 11.7. The third kappa shape index (κ3) is 6.11. The van der Waals surface area contributed by atoms with E-state index in [1.165, 1.54) is 24.8 Å². The van der Waals surface area contributed by atoms with Gasteiger partial charge < -0.3 is 25.0 Å². The second-order valence-corrected chi connectivity index (χ2v) is 9.61. The van der Waals surface area contributed by atoms with Gasteiger partial charge in [0.15, 0.2) is 6.29 Å². The Morgan fingerprint density at radius 1 is 1.06 bits per heavy atom. The Kier molecular flexibility index (Phi) is 8.37. The Balaban J connectivity index is 1.62. The van der Waals surface area contributed by atoms with Gasteiger partial charge in [-0.1, -0.05) is 43.3 Å². The predicted molar refractivity (Wildman–Crippen MR) is 136 cm³/mol. The Morgan fingerprint density at radius 2 is 1.83 bits per heavy atom. The van der Waals surface area contributed by atoms with Crippen LogP contribution in [0.1, 0.15) is 53.3 Å². The molecule has 188 valence electrons. The lowest BCUT2D eigenvalue weighted by Gasteiger charge is -2.41. The number of nitrogens with one attached hydrogen (secondary N) is 1. The van der Waals surface area contributed by atoms with Crippen LogP contribution in [0.15, 0.2) is 71.9 Å². The van der Waals surface area contributed by atoms with Crippen LogP contribution in [0.5, 0.6) is 0 Å². The SMILES string of the molecule is CC(=O)Nc1cccc(C2OC(CSc3ncccc3C(=O)O)C(C)C(c3ccc(CO)cc3)O2)c1. The van der Waals surface area contributed by atoms with Gasteiger partial charge in [-0.05, 0) is 35.4 Å². The van der Waals surface area contributed by atoms with E-state index in [9.17, 15) is 19.8 Å². The molecule has 1 amide bonds. The lowest BCUT2D eigenvalue weighted by Crippen LogP contribution is -2.38. The molecule has 2 heterocycles. The van der Waals surface area contributed by atoms with E-state index in [0.717, 1.165) is 16.7 Å². The van der Waals surface area contributed by atoms with E-state index in [2.05, 4.69) is 10.3 Å². The van der Waals surface area contributed by atoms with Crippen LogP contribution in [-0.4, -0.2) is 38.9 Å². The average molecular weight is 509 g/mol. The maximum atomic E-state index is 11.6. The molecule has 4 atom stereocenters. The number of benzene rings is 2. The van der Waals surface area contributed by atoms with Crippen molar-refractivity contribution in [1.29, 1.82) is 0 Å². The van der Waals surface area contributed by atoms with Crippen molar-refractivity contribution in [3.8, 4) is 0 Å². The Hall–Kier alpha value is -3.24. The molecule has 9 heteroatoms. The van der Waals surface area contributed by atoms with E-state index in [4.69, 9.17) is 9.47 Å². The van der Waals surface area contributed by atoms with Gasteiger partial charge in [0, 0.05) is 36.0 Å². The number of aromatic carboxylic acids is 1. The number of carboxylic acids is 1. The second-order valence-electron chi connectivity index (χ2n) is 8.60. The average Bonchev–Trinajstić information content (AvgIpc) is 2.88. The van der Waals surface area contributed by atoms with E-state index in [-0.39, 0.29) is 36.2 Å². The lowest BCUT2D eigenvalue weighted by molar-refractivity contribution is -0.268. The summed E-state index contributed by atoms with van der Waals surface area (Å²) in [6.45, 7) is 3.44. The molecule has 4 unspecified atom stereocenters. The zero-order valence-corrected chi connectivity index (χ0v) is 20.8. The van der Waals surface area contributed by atoms with Crippen molar-refractivity contribution in [3.63, 3.8) is 0 Å². The highest BCUT2D eigenvalue weighted by molar-refractivity contribution is 7.99. The zero-order chi connectivity index (χ0) is 25.7. The highest BCUT2D eigenvalue weighted by atomic mass is 32.2. The number of hydrogen-bond donors (Lipinski definition) is 3. The fourth-order valence-electron chi connectivity index (χ4n) is 4.11. The maximum absolute atomic E-state index is 11.6. The molecule has 2 aromatic carbocycles. The van der Waals surface area contributed by atoms with Gasteiger partial charge in [-0.3, -0.25) is 4.79 Å². The molecule has 4 rings (SSSR count). The number of aliphatic hydroxyl groups is 1. The highest BCUT2D eigenvalue weighted by Crippen LogP contribution is 2.43. The first-order valence-electron chi connectivity index (χ1n) is 11.5. The van der Waals surface area contributed by atoms with Crippen molar-refractivity contribution >= 4 is 29.3 Å². The number of carbonyl (C=O) groups is 2. The van der Waals surface area contributed by atoms with Crippen molar-refractivity contribution in [1.82, 2.24) is 4.98 Å². The smallest absolute Gasteiger partial charge is 0.338 e. The third-order valence-electron chi connectivity index (χ3n) is 5.99. The number of aliphatic hydroxyl groups excluding tert-OH is 1. The molecule has 0 spiro atoms. The number of thioether (sulfide) groups is 1. The first kappa shape index (κ1) is 25.8. The van der Waals surface area contributed by atoms with Crippen molar-refractivity contribution in [2.45, 2.75) is 44.0 Å². The van der Waals surface area contributed by atoms with E-state index >= 15 is 0 Å². The van der Waals surface area contributed by atoms with Crippen molar-refractivity contribution in [3.05, 3.63) is 89.1 Å². The summed E-state index contributed by atoms with van der Waals surface area (Å²) in [5, 5.41) is 22.1. The van der Waals surface area contributed by atoms with Gasteiger partial charge in [0.25, 0.3) is 0 Å². The summed E-state index contributed by atoms with van der Waals surface area (Å²) in [5.74, 6) is -0.799. The van der Waals surface area contributed by atoms with Crippen LogP contribution >= 0.6 is 11.8 Å². The first-order chi connectivity index (χ1) is 17.4. The van der Waals surface area contributed by atoms with Crippen LogP contribution in [0.4, 0.5) is 5.69 Å². The van der Waals surface area contributed by atoms with Gasteiger partial charge in [-0.15, -0.1) is 11.8 Å². The quantitative estimate of drug-likeness (QED) is 0.371. The van der Waals surface area contributed by atoms with Gasteiger partial charge in [0.1, 0.15) is 5.03 Å². The number of pyridine rings is 1. The number of rotatable bonds is 8. The van der Waals surface area contributed by atoms with Crippen LogP contribution in [0, 0.1) is 5.92 Å². The molecule has 1 aliphatic rings. The van der Waals surface area contributed by atoms with Crippen LogP contribution in [0.2, 0.25) is 0 Å². The number of anilines is 1. The summed E-state index contributed by atoms with van der Waals surface area (Å²) < 4.78 is 12.8. The molecule has 3 N–H and O–H groups in total. The van der Waals surface area contributed by atoms with Gasteiger partial charge in [-0.2, -0.15) is 0 Å². The van der Waals surface area contributed by atoms with Gasteiger partial charge in [0.05, 0.1) is 24.4 Å². The maximum Gasteiger partial charge on any atom is 0.338 e. The molecule has 1 fully saturated rings. The van der Waals surface area contributed by atoms with Gasteiger partial charge in [-0.25, -0.2) is 9.78 Å². The minimum atomic E-state index is -1.03. The van der Waals surface area contributed by atoms with Crippen molar-refractivity contribution < 1.29 is 29.3 Å². The van der Waals surface area contributed by atoms with Crippen LogP contribution in [-0.2, 0) is 20.9 Å². The molecule has 0 saturated carbocycles. The molecule has 1 saturated heterocycles. The van der Waals surface area contributed by atoms with E-state index < -0.39 is 12.3 Å². The van der Waals surface area contributed by atoms with E-state index in [1.807, 2.05) is 49.4 Å². The molecule has 1 aromatic heterocycles. The number of amides is 1. The minimum Gasteiger partial charge on any atom is -0.478 e. The fourth-order valence-corrected chi connectivity index (χ4v) is 5.26. The summed E-state index contributed by atoms with van der Waals surface area (Å²) in [4.78, 5) is 27.4. The van der Waals surface area contributed by atoms with Crippen molar-refractivity contribution in [2.75, 3.05) is 11.1 Å². The number of nitrogens with zero attached hydrogens (tertiary/aromatic N) is 1. The van der Waals surface area contributed by atoms with Crippen LogP contribution in [0.3, 0.4) is 0 Å². The Morgan fingerprint density at radius 3 is 2.53 bits per heavy atom. The number of ether oxygens (including phenoxy) is 2. The van der Waals surface area contributed by atoms with E-state index in [1.54, 1.807) is 18.3 Å². The normalized spacial score (nSPS) is 21.6. The molecular weight excluding hydrogens is 480 g/mol. The number of aromatic nitrogens is 1. The Labute approximate surface area is 213 Å². The summed E-state index contributed by atoms with van der Waals surface area (Å²) in [5.41, 5.74) is 3.30. The monoisotopic (exact) mass is 508 g/mol. The minimum absolute atomic E-state index is 0.0434. The third-order valence-corrected chi connectivity index (χ3v) is 7.08. The number of hydrogen-bond acceptors (Lipinski definition) is 7. The summed E-state index contributed by atoms with van der Waals surface area (Å²) in [6.07, 6.45) is 0.273. The Bertz CT molecular complexity index is 1220. The molecular formula is C27H28N2O6S. The largest absolute Gasteiger partial charge is 0.478 e. The zero-order valence-electron chi connectivity index (χ0n) is 20.0. The van der Waals surface area contributed by atoms with Gasteiger partial charge in [0.2, 0.25) is 5.91 Å². The summed E-state index contributed by atoms with van der Waals surface area (Å²) in [6, 6.07) is 18.1. The fraction of sp³-hybridized carbons (Fsp3) is 0.296. The molecule has 0 bridgehead atoms. The molecule has 8 nitrogen and oxygen atoms in total. The first-order valence-corrected chi connectivity index (χ1v) is 12.5. The lowest BCUT2D eigenvalue weighted by atomic mass is 9.91. The molecule has 36 heavy (non-hydrogen) atoms. The van der Waals surface area contributed by atoms with Crippen molar-refractivity contribution in [2.24, 2.45) is 5.92 Å². The summed E-state index contributed by atoms with van der Waals surface area (Å²) >= 11 is 1.34. The highest BCUT2D eigenvalue weighted by Gasteiger charge is 2.38. The molecule has 0 aliphatic carbocycles. The van der Waals surface area contributed by atoms with E-state index in [0.29, 0.717) is 16.5 Å². The molecule has 0 radical (unpaired) electrons. The summed E-state index contributed by atoms with van der Waals surface area (Å²) in [7, 11) is 0. The molecule has 1 aliphatic heterocycles. The van der Waals surface area contributed by atoms with Crippen LogP contribution in [0.25, 0.3) is 0 Å². The molecule has 3 aromatic rings.